The minimum atomic E-state index is -5.03. The summed E-state index contributed by atoms with van der Waals surface area (Å²) in [4.78, 5) is 14.8. The van der Waals surface area contributed by atoms with Gasteiger partial charge < -0.3 is 14.9 Å². The maximum atomic E-state index is 14.3. The molecule has 0 aromatic carbocycles. The van der Waals surface area contributed by atoms with E-state index in [1.165, 1.54) is 38.1 Å². The third kappa shape index (κ3) is 4.92. The second-order valence-electron chi connectivity index (χ2n) is 7.72. The van der Waals surface area contributed by atoms with Gasteiger partial charge in [0, 0.05) is 35.6 Å². The highest BCUT2D eigenvalue weighted by Crippen LogP contribution is 2.50. The first-order valence-corrected chi connectivity index (χ1v) is 10.6. The molecule has 0 amide bonds. The van der Waals surface area contributed by atoms with Crippen molar-refractivity contribution in [2.75, 3.05) is 0 Å². The molecule has 1 aromatic heterocycles. The Bertz CT molecular complexity index is 1040. The predicted molar refractivity (Wildman–Crippen MR) is 116 cm³/mol. The van der Waals surface area contributed by atoms with E-state index in [2.05, 4.69) is 15.2 Å². The van der Waals surface area contributed by atoms with Gasteiger partial charge in [-0.25, -0.2) is 4.79 Å². The molecule has 3 unspecified atom stereocenters. The van der Waals surface area contributed by atoms with Gasteiger partial charge in [-0.15, -0.1) is 10.2 Å². The summed E-state index contributed by atoms with van der Waals surface area (Å²) < 4.78 is 48.6. The molecule has 0 fully saturated rings. The number of hydrogen-bond donors (Lipinski definition) is 2. The third-order valence-electron chi connectivity index (χ3n) is 5.72. The van der Waals surface area contributed by atoms with Crippen LogP contribution in [0.4, 0.5) is 13.2 Å². The summed E-state index contributed by atoms with van der Waals surface area (Å²) in [5.74, 6) is -3.64. The molecule has 1 aliphatic carbocycles. The van der Waals surface area contributed by atoms with E-state index in [-0.39, 0.29) is 34.2 Å². The minimum Gasteiger partial charge on any atom is -0.476 e. The van der Waals surface area contributed by atoms with Crippen LogP contribution in [-0.4, -0.2) is 56.0 Å². The molecule has 7 nitrogen and oxygen atoms in total. The Morgan fingerprint density at radius 3 is 2.58 bits per heavy atom. The van der Waals surface area contributed by atoms with Crippen molar-refractivity contribution in [3.63, 3.8) is 0 Å². The van der Waals surface area contributed by atoms with E-state index in [0.29, 0.717) is 0 Å². The standard InChI is InChI=1S/C21H20Cl2F3N3O4/c1-10-14(7-8-27-18(10)23)20(32,21(24,25)26)11(2)13-9-12(3-4-15(13)22)33-17-6-5-16(19(30)31)28-29-17/h3-8,10-12,18,32H,9H2,1-2H3,(H,30,31)/t10?,11-,12?,18?,20-/m1/s1. The highest BCUT2D eigenvalue weighted by molar-refractivity contribution is 6.31. The van der Waals surface area contributed by atoms with Gasteiger partial charge in [0.25, 0.3) is 0 Å². The van der Waals surface area contributed by atoms with E-state index < -0.39 is 41.2 Å². The van der Waals surface area contributed by atoms with E-state index in [1.54, 1.807) is 0 Å². The molecule has 0 bridgehead atoms. The van der Waals surface area contributed by atoms with E-state index >= 15 is 0 Å². The number of ether oxygens (including phenoxy) is 1. The van der Waals surface area contributed by atoms with Crippen LogP contribution in [0.15, 0.2) is 51.5 Å². The molecule has 5 atom stereocenters. The minimum absolute atomic E-state index is 0.0180. The number of hydrogen-bond acceptors (Lipinski definition) is 6. The number of halogens is 5. The topological polar surface area (TPSA) is 105 Å². The van der Waals surface area contributed by atoms with Crippen LogP contribution in [0.25, 0.3) is 0 Å². The van der Waals surface area contributed by atoms with Gasteiger partial charge in [0.2, 0.25) is 5.88 Å². The molecule has 0 saturated carbocycles. The van der Waals surface area contributed by atoms with Crippen molar-refractivity contribution in [2.24, 2.45) is 16.8 Å². The van der Waals surface area contributed by atoms with Gasteiger partial charge in [0.1, 0.15) is 11.6 Å². The fourth-order valence-corrected chi connectivity index (χ4v) is 4.33. The van der Waals surface area contributed by atoms with Gasteiger partial charge in [-0.2, -0.15) is 13.2 Å². The van der Waals surface area contributed by atoms with Crippen LogP contribution in [0, 0.1) is 11.8 Å². The Hall–Kier alpha value is -2.43. The first-order valence-electron chi connectivity index (χ1n) is 9.83. The van der Waals surface area contributed by atoms with Crippen molar-refractivity contribution in [2.45, 2.75) is 43.7 Å². The largest absolute Gasteiger partial charge is 0.476 e. The number of aliphatic hydroxyl groups is 1. The molecule has 0 spiro atoms. The van der Waals surface area contributed by atoms with Crippen LogP contribution in [0.3, 0.4) is 0 Å². The molecule has 0 saturated heterocycles. The van der Waals surface area contributed by atoms with Gasteiger partial charge in [-0.1, -0.05) is 37.0 Å². The number of nitrogens with zero attached hydrogens (tertiary/aromatic N) is 3. The molecule has 1 aromatic rings. The number of dihydropyridines is 1. The molecular formula is C21H20Cl2F3N3O4. The summed E-state index contributed by atoms with van der Waals surface area (Å²) >= 11 is 12.3. The number of aromatic carboxylic acids is 1. The molecular weight excluding hydrogens is 486 g/mol. The maximum Gasteiger partial charge on any atom is 0.421 e. The molecule has 1 aliphatic heterocycles. The number of aromatic nitrogens is 2. The first-order chi connectivity index (χ1) is 15.4. The summed E-state index contributed by atoms with van der Waals surface area (Å²) in [6.07, 6.45) is -0.672. The monoisotopic (exact) mass is 505 g/mol. The molecule has 2 aliphatic rings. The summed E-state index contributed by atoms with van der Waals surface area (Å²) in [6, 6.07) is 2.47. The van der Waals surface area contributed by atoms with Gasteiger partial charge in [-0.3, -0.25) is 4.99 Å². The zero-order valence-electron chi connectivity index (χ0n) is 17.4. The number of carbonyl (C=O) groups is 1. The number of aliphatic imine (C=N–C) groups is 1. The molecule has 12 heteroatoms. The molecule has 3 rings (SSSR count). The van der Waals surface area contributed by atoms with Crippen molar-refractivity contribution in [1.82, 2.24) is 10.2 Å². The third-order valence-corrected chi connectivity index (χ3v) is 6.58. The van der Waals surface area contributed by atoms with Gasteiger partial charge in [0.05, 0.1) is 0 Å². The van der Waals surface area contributed by atoms with Crippen LogP contribution in [0.5, 0.6) is 5.88 Å². The van der Waals surface area contributed by atoms with Gasteiger partial charge >= 0.3 is 12.1 Å². The highest BCUT2D eigenvalue weighted by Gasteiger charge is 2.61. The second-order valence-corrected chi connectivity index (χ2v) is 8.58. The average Bonchev–Trinajstić information content (AvgIpc) is 2.75. The lowest BCUT2D eigenvalue weighted by Crippen LogP contribution is -2.55. The lowest BCUT2D eigenvalue weighted by atomic mass is 9.71. The maximum absolute atomic E-state index is 14.3. The smallest absolute Gasteiger partial charge is 0.421 e. The van der Waals surface area contributed by atoms with Crippen molar-refractivity contribution in [3.8, 4) is 5.88 Å². The Kier molecular flexibility index (Phi) is 7.21. The van der Waals surface area contributed by atoms with E-state index in [1.807, 2.05) is 0 Å². The van der Waals surface area contributed by atoms with E-state index in [9.17, 15) is 23.1 Å². The zero-order valence-corrected chi connectivity index (χ0v) is 18.9. The number of allylic oxidation sites excluding steroid dienone is 3. The Balaban J connectivity index is 1.89. The Morgan fingerprint density at radius 2 is 2.00 bits per heavy atom. The van der Waals surface area contributed by atoms with Crippen molar-refractivity contribution in [1.29, 1.82) is 0 Å². The predicted octanol–water partition coefficient (Wildman–Crippen LogP) is 4.52. The SMILES string of the molecule is CC1C([C@](O)([C@H](C)C2=C(Cl)C=CC(Oc3ccc(C(=O)O)nn3)C2)C(F)(F)F)=CC=NC1Cl. The van der Waals surface area contributed by atoms with Crippen LogP contribution >= 0.6 is 23.2 Å². The second kappa shape index (κ2) is 9.44. The number of carboxylic acids is 1. The van der Waals surface area contributed by atoms with Crippen molar-refractivity contribution in [3.05, 3.63) is 52.2 Å². The lowest BCUT2D eigenvalue weighted by Gasteiger charge is -2.43. The zero-order chi connectivity index (χ0) is 24.6. The Morgan fingerprint density at radius 1 is 1.30 bits per heavy atom. The first kappa shape index (κ1) is 25.2. The number of rotatable bonds is 6. The molecule has 2 heterocycles. The molecule has 2 N–H and O–H groups in total. The molecule has 178 valence electrons. The van der Waals surface area contributed by atoms with Crippen LogP contribution in [0.1, 0.15) is 30.8 Å². The number of carboxylic acid groups (broad SMARTS) is 1. The van der Waals surface area contributed by atoms with E-state index in [4.69, 9.17) is 33.0 Å². The van der Waals surface area contributed by atoms with Gasteiger partial charge in [0.15, 0.2) is 11.3 Å². The fourth-order valence-electron chi connectivity index (χ4n) is 3.82. The summed E-state index contributed by atoms with van der Waals surface area (Å²) in [6.45, 7) is 2.71. The summed E-state index contributed by atoms with van der Waals surface area (Å²) in [7, 11) is 0. The van der Waals surface area contributed by atoms with Crippen LogP contribution in [-0.2, 0) is 0 Å². The number of alkyl halides is 4. The lowest BCUT2D eigenvalue weighted by molar-refractivity contribution is -0.259. The van der Waals surface area contributed by atoms with E-state index in [0.717, 1.165) is 12.3 Å². The average molecular weight is 506 g/mol. The molecule has 0 radical (unpaired) electrons. The van der Waals surface area contributed by atoms with Crippen LogP contribution in [0.2, 0.25) is 0 Å². The summed E-state index contributed by atoms with van der Waals surface area (Å²) in [5.41, 5.74) is -4.67. The summed E-state index contributed by atoms with van der Waals surface area (Å²) in [5, 5.41) is 27.2. The molecule has 33 heavy (non-hydrogen) atoms. The normalized spacial score (nSPS) is 25.9. The quantitative estimate of drug-likeness (QED) is 0.435. The van der Waals surface area contributed by atoms with Crippen molar-refractivity contribution >= 4 is 35.4 Å². The fraction of sp³-hybridized carbons (Fsp3) is 0.429. The highest BCUT2D eigenvalue weighted by atomic mass is 35.5. The van der Waals surface area contributed by atoms with Gasteiger partial charge in [-0.05, 0) is 35.4 Å². The van der Waals surface area contributed by atoms with Crippen LogP contribution < -0.4 is 4.74 Å². The van der Waals surface area contributed by atoms with Crippen molar-refractivity contribution < 1.29 is 32.9 Å². The Labute approximate surface area is 197 Å².